The summed E-state index contributed by atoms with van der Waals surface area (Å²) < 4.78 is 7.14. The molecule has 8 heteroatoms. The molecule has 0 aliphatic carbocycles. The summed E-state index contributed by atoms with van der Waals surface area (Å²) in [6, 6.07) is 21.4. The Bertz CT molecular complexity index is 1190. The monoisotopic (exact) mass is 420 g/mol. The second-order valence-electron chi connectivity index (χ2n) is 6.75. The first-order chi connectivity index (χ1) is 14.6. The summed E-state index contributed by atoms with van der Waals surface area (Å²) in [5.41, 5.74) is 1.79. The number of benzene rings is 3. The highest BCUT2D eigenvalue weighted by molar-refractivity contribution is 7.99. The molecule has 4 aromatic rings. The van der Waals surface area contributed by atoms with E-state index in [0.29, 0.717) is 11.0 Å². The van der Waals surface area contributed by atoms with Crippen molar-refractivity contribution >= 4 is 22.5 Å². The van der Waals surface area contributed by atoms with Gasteiger partial charge in [-0.15, -0.1) is 10.2 Å². The molecule has 30 heavy (non-hydrogen) atoms. The normalized spacial score (nSPS) is 12.1. The number of aryl methyl sites for hydroxylation is 1. The summed E-state index contributed by atoms with van der Waals surface area (Å²) in [7, 11) is 1.62. The predicted octanol–water partition coefficient (Wildman–Crippen LogP) is 4.85. The minimum Gasteiger partial charge on any atom is -0.497 e. The molecule has 152 valence electrons. The lowest BCUT2D eigenvalue weighted by molar-refractivity contribution is -0.479. The molecule has 0 saturated heterocycles. The number of hydrogen-bond donors (Lipinski definition) is 0. The van der Waals surface area contributed by atoms with Gasteiger partial charge >= 0.3 is 0 Å². The third-order valence-corrected chi connectivity index (χ3v) is 6.02. The zero-order valence-electron chi connectivity index (χ0n) is 16.6. The molecule has 0 spiro atoms. The molecule has 1 heterocycles. The number of aromatic nitrogens is 3. The van der Waals surface area contributed by atoms with Crippen molar-refractivity contribution in [3.8, 4) is 11.4 Å². The fourth-order valence-electron chi connectivity index (χ4n) is 3.44. The van der Waals surface area contributed by atoms with Crippen LogP contribution in [0.5, 0.6) is 5.75 Å². The highest BCUT2D eigenvalue weighted by atomic mass is 32.2. The molecule has 4 rings (SSSR count). The van der Waals surface area contributed by atoms with Crippen molar-refractivity contribution in [1.29, 1.82) is 0 Å². The molecule has 0 N–H and O–H groups in total. The third-order valence-electron chi connectivity index (χ3n) is 4.86. The Morgan fingerprint density at radius 2 is 1.80 bits per heavy atom. The van der Waals surface area contributed by atoms with Crippen LogP contribution in [0.3, 0.4) is 0 Å². The van der Waals surface area contributed by atoms with Crippen molar-refractivity contribution in [3.63, 3.8) is 0 Å². The zero-order valence-corrected chi connectivity index (χ0v) is 17.4. The molecule has 0 unspecified atom stereocenters. The van der Waals surface area contributed by atoms with Crippen molar-refractivity contribution < 1.29 is 9.66 Å². The third kappa shape index (κ3) is 3.99. The van der Waals surface area contributed by atoms with Crippen molar-refractivity contribution in [2.45, 2.75) is 17.3 Å². The molecular weight excluding hydrogens is 400 g/mol. The smallest absolute Gasteiger partial charge is 0.220 e. The van der Waals surface area contributed by atoms with E-state index < -0.39 is 5.25 Å². The van der Waals surface area contributed by atoms with Crippen molar-refractivity contribution in [2.75, 3.05) is 13.7 Å². The lowest BCUT2D eigenvalue weighted by Crippen LogP contribution is -2.11. The van der Waals surface area contributed by atoms with E-state index in [0.717, 1.165) is 27.8 Å². The summed E-state index contributed by atoms with van der Waals surface area (Å²) in [5, 5.41) is 22.3. The highest BCUT2D eigenvalue weighted by Gasteiger charge is 2.25. The number of ether oxygens (including phenoxy) is 1. The Morgan fingerprint density at radius 1 is 1.07 bits per heavy atom. The molecule has 1 aromatic heterocycles. The summed E-state index contributed by atoms with van der Waals surface area (Å²) in [6.45, 7) is 1.65. The maximum absolute atomic E-state index is 11.5. The molecule has 0 fully saturated rings. The molecule has 0 amide bonds. The van der Waals surface area contributed by atoms with Crippen LogP contribution >= 0.6 is 11.8 Å². The standard InChI is InChI=1S/C22H20N4O3S/c1-15-23-24-22(26(15)17-10-12-18(29-2)13-11-17)30-21(14-25(27)28)20-9-5-7-16-6-3-4-8-19(16)20/h3-13,21H,14H2,1-2H3/t21-/m1/s1. The molecule has 0 aliphatic rings. The fourth-order valence-corrected chi connectivity index (χ4v) is 4.65. The van der Waals surface area contributed by atoms with E-state index in [9.17, 15) is 10.1 Å². The van der Waals surface area contributed by atoms with E-state index in [2.05, 4.69) is 10.2 Å². The van der Waals surface area contributed by atoms with Gasteiger partial charge < -0.3 is 4.74 Å². The minimum absolute atomic E-state index is 0.215. The van der Waals surface area contributed by atoms with E-state index in [1.807, 2.05) is 78.2 Å². The van der Waals surface area contributed by atoms with Gasteiger partial charge in [0, 0.05) is 10.6 Å². The number of fused-ring (bicyclic) bond motifs is 1. The highest BCUT2D eigenvalue weighted by Crippen LogP contribution is 2.39. The zero-order chi connectivity index (χ0) is 21.1. The first-order valence-electron chi connectivity index (χ1n) is 9.39. The Morgan fingerprint density at radius 3 is 2.53 bits per heavy atom. The van der Waals surface area contributed by atoms with E-state index >= 15 is 0 Å². The predicted molar refractivity (Wildman–Crippen MR) is 117 cm³/mol. The van der Waals surface area contributed by atoms with Crippen LogP contribution in [0.1, 0.15) is 16.6 Å². The van der Waals surface area contributed by atoms with E-state index in [1.54, 1.807) is 7.11 Å². The average molecular weight is 420 g/mol. The molecule has 7 nitrogen and oxygen atoms in total. The van der Waals surface area contributed by atoms with Crippen LogP contribution in [0.25, 0.3) is 16.5 Å². The van der Waals surface area contributed by atoms with Gasteiger partial charge in [-0.05, 0) is 47.5 Å². The summed E-state index contributed by atoms with van der Waals surface area (Å²) in [5.74, 6) is 1.46. The van der Waals surface area contributed by atoms with E-state index in [1.165, 1.54) is 11.8 Å². The quantitative estimate of drug-likeness (QED) is 0.241. The number of nitro groups is 1. The fraction of sp³-hybridized carbons (Fsp3) is 0.182. The van der Waals surface area contributed by atoms with Crippen LogP contribution in [0.15, 0.2) is 71.9 Å². The summed E-state index contributed by atoms with van der Waals surface area (Å²) >= 11 is 1.35. The Kier molecular flexibility index (Phi) is 5.67. The number of nitrogens with zero attached hydrogens (tertiary/aromatic N) is 4. The van der Waals surface area contributed by atoms with Crippen LogP contribution < -0.4 is 4.74 Å². The van der Waals surface area contributed by atoms with Gasteiger partial charge in [0.1, 0.15) is 16.8 Å². The lowest BCUT2D eigenvalue weighted by Gasteiger charge is -2.16. The number of rotatable bonds is 7. The van der Waals surface area contributed by atoms with Crippen LogP contribution in [0.4, 0.5) is 0 Å². The van der Waals surface area contributed by atoms with E-state index in [-0.39, 0.29) is 11.5 Å². The maximum Gasteiger partial charge on any atom is 0.220 e. The first kappa shape index (κ1) is 19.9. The molecule has 0 saturated carbocycles. The van der Waals surface area contributed by atoms with E-state index in [4.69, 9.17) is 4.74 Å². The van der Waals surface area contributed by atoms with Gasteiger partial charge in [-0.2, -0.15) is 0 Å². The number of hydrogen-bond acceptors (Lipinski definition) is 6. The lowest BCUT2D eigenvalue weighted by atomic mass is 10.0. The van der Waals surface area contributed by atoms with Gasteiger partial charge in [0.25, 0.3) is 0 Å². The van der Waals surface area contributed by atoms with Gasteiger partial charge in [0.15, 0.2) is 5.16 Å². The molecule has 0 bridgehead atoms. The largest absolute Gasteiger partial charge is 0.497 e. The average Bonchev–Trinajstić information content (AvgIpc) is 3.12. The molecule has 0 aliphatic heterocycles. The van der Waals surface area contributed by atoms with Crippen LogP contribution in [-0.4, -0.2) is 33.3 Å². The van der Waals surface area contributed by atoms with Gasteiger partial charge in [-0.25, -0.2) is 0 Å². The van der Waals surface area contributed by atoms with Crippen molar-refractivity contribution in [3.05, 3.63) is 88.2 Å². The van der Waals surface area contributed by atoms with Crippen LogP contribution in [0, 0.1) is 17.0 Å². The van der Waals surface area contributed by atoms with Gasteiger partial charge in [-0.3, -0.25) is 14.7 Å². The summed E-state index contributed by atoms with van der Waals surface area (Å²) in [4.78, 5) is 11.2. The molecule has 3 aromatic carbocycles. The van der Waals surface area contributed by atoms with Gasteiger partial charge in [-0.1, -0.05) is 54.2 Å². The van der Waals surface area contributed by atoms with Gasteiger partial charge in [0.05, 0.1) is 7.11 Å². The maximum atomic E-state index is 11.5. The van der Waals surface area contributed by atoms with Gasteiger partial charge in [0.2, 0.25) is 6.54 Å². The second kappa shape index (κ2) is 8.54. The Hall–Kier alpha value is -3.39. The topological polar surface area (TPSA) is 83.1 Å². The number of methoxy groups -OCH3 is 1. The van der Waals surface area contributed by atoms with Crippen LogP contribution in [0.2, 0.25) is 0 Å². The van der Waals surface area contributed by atoms with Crippen LogP contribution in [-0.2, 0) is 0 Å². The molecule has 0 radical (unpaired) electrons. The SMILES string of the molecule is COc1ccc(-n2c(C)nnc2S[C@H](C[N+](=O)[O-])c2cccc3ccccc23)cc1. The Balaban J connectivity index is 1.75. The minimum atomic E-state index is -0.410. The summed E-state index contributed by atoms with van der Waals surface area (Å²) in [6.07, 6.45) is 0. The van der Waals surface area contributed by atoms with Crippen molar-refractivity contribution in [1.82, 2.24) is 14.8 Å². The molecule has 1 atom stereocenters. The first-order valence-corrected chi connectivity index (χ1v) is 10.3. The number of thioether (sulfide) groups is 1. The second-order valence-corrected chi connectivity index (χ2v) is 7.92. The molecular formula is C22H20N4O3S. The Labute approximate surface area is 177 Å². The van der Waals surface area contributed by atoms with Crippen molar-refractivity contribution in [2.24, 2.45) is 0 Å².